The first kappa shape index (κ1) is 14.7. The highest BCUT2D eigenvalue weighted by atomic mass is 32.2. The molecule has 0 saturated carbocycles. The van der Waals surface area contributed by atoms with E-state index in [1.807, 2.05) is 11.8 Å². The molecule has 110 valence electrons. The lowest BCUT2D eigenvalue weighted by Gasteiger charge is -2.46. The van der Waals surface area contributed by atoms with Gasteiger partial charge in [-0.25, -0.2) is 12.7 Å². The predicted octanol–water partition coefficient (Wildman–Crippen LogP) is -0.571. The third-order valence-electron chi connectivity index (χ3n) is 4.25. The second-order valence-electron chi connectivity index (χ2n) is 5.91. The molecule has 7 heteroatoms. The van der Waals surface area contributed by atoms with Crippen molar-refractivity contribution < 1.29 is 13.2 Å². The van der Waals surface area contributed by atoms with Gasteiger partial charge in [-0.2, -0.15) is 0 Å². The normalized spacial score (nSPS) is 31.3. The molecule has 2 saturated heterocycles. The first-order valence-electron chi connectivity index (χ1n) is 6.66. The van der Waals surface area contributed by atoms with E-state index >= 15 is 0 Å². The minimum atomic E-state index is -3.14. The van der Waals surface area contributed by atoms with Crippen molar-refractivity contribution in [3.63, 3.8) is 0 Å². The monoisotopic (exact) mass is 289 g/mol. The van der Waals surface area contributed by atoms with Crippen LogP contribution in [0.5, 0.6) is 0 Å². The Labute approximate surface area is 115 Å². The summed E-state index contributed by atoms with van der Waals surface area (Å²) in [6.45, 7) is 6.43. The first-order valence-corrected chi connectivity index (χ1v) is 8.51. The van der Waals surface area contributed by atoms with Gasteiger partial charge in [0.05, 0.1) is 12.2 Å². The van der Waals surface area contributed by atoms with E-state index in [9.17, 15) is 13.2 Å². The molecule has 2 atom stereocenters. The third kappa shape index (κ3) is 2.93. The van der Waals surface area contributed by atoms with Gasteiger partial charge in [-0.15, -0.1) is 0 Å². The van der Waals surface area contributed by atoms with E-state index in [1.54, 1.807) is 0 Å². The van der Waals surface area contributed by atoms with Crippen molar-refractivity contribution in [1.82, 2.24) is 14.1 Å². The molecular formula is C12H23N3O3S. The summed E-state index contributed by atoms with van der Waals surface area (Å²) in [6, 6.07) is 0.548. The summed E-state index contributed by atoms with van der Waals surface area (Å²) < 4.78 is 24.0. The maximum atomic E-state index is 12.4. The Morgan fingerprint density at radius 3 is 2.16 bits per heavy atom. The smallest absolute Gasteiger partial charge is 0.228 e. The van der Waals surface area contributed by atoms with Crippen molar-refractivity contribution in [3.05, 3.63) is 0 Å². The number of hydrogen-bond acceptors (Lipinski definition) is 4. The van der Waals surface area contributed by atoms with Crippen LogP contribution in [0, 0.1) is 5.92 Å². The van der Waals surface area contributed by atoms with Crippen molar-refractivity contribution >= 4 is 15.9 Å². The van der Waals surface area contributed by atoms with Gasteiger partial charge in [0.25, 0.3) is 0 Å². The van der Waals surface area contributed by atoms with Crippen molar-refractivity contribution in [3.8, 4) is 0 Å². The molecule has 0 radical (unpaired) electrons. The lowest BCUT2D eigenvalue weighted by atomic mass is 9.99. The zero-order valence-corrected chi connectivity index (χ0v) is 12.9. The summed E-state index contributed by atoms with van der Waals surface area (Å²) >= 11 is 0. The van der Waals surface area contributed by atoms with Gasteiger partial charge in [0.1, 0.15) is 0 Å². The molecule has 1 amide bonds. The maximum absolute atomic E-state index is 12.4. The highest BCUT2D eigenvalue weighted by Gasteiger charge is 2.42. The number of rotatable bonds is 2. The molecule has 6 nitrogen and oxygen atoms in total. The topological polar surface area (TPSA) is 60.9 Å². The van der Waals surface area contributed by atoms with E-state index in [2.05, 4.69) is 18.9 Å². The Morgan fingerprint density at radius 1 is 1.05 bits per heavy atom. The fraction of sp³-hybridized carbons (Fsp3) is 0.917. The fourth-order valence-corrected chi connectivity index (χ4v) is 3.61. The maximum Gasteiger partial charge on any atom is 0.228 e. The molecule has 0 aliphatic carbocycles. The number of likely N-dealkylation sites (N-methyl/N-ethyl adjacent to an activating group) is 1. The quantitative estimate of drug-likeness (QED) is 0.683. The second kappa shape index (κ2) is 5.03. The Morgan fingerprint density at radius 2 is 1.63 bits per heavy atom. The molecule has 2 unspecified atom stereocenters. The molecule has 0 bridgehead atoms. The zero-order valence-electron chi connectivity index (χ0n) is 12.0. The molecule has 2 aliphatic rings. The molecule has 0 aromatic carbocycles. The van der Waals surface area contributed by atoms with Crippen LogP contribution in [0.15, 0.2) is 0 Å². The van der Waals surface area contributed by atoms with Crippen molar-refractivity contribution in [1.29, 1.82) is 0 Å². The Bertz CT molecular complexity index is 459. The summed E-state index contributed by atoms with van der Waals surface area (Å²) in [5.41, 5.74) is 0. The molecule has 0 N–H and O–H groups in total. The third-order valence-corrected chi connectivity index (χ3v) is 5.48. The van der Waals surface area contributed by atoms with Crippen LogP contribution in [0.25, 0.3) is 0 Å². The number of amides is 1. The van der Waals surface area contributed by atoms with Gasteiger partial charge in [-0.3, -0.25) is 9.69 Å². The van der Waals surface area contributed by atoms with Crippen molar-refractivity contribution in [2.75, 3.05) is 39.5 Å². The molecule has 0 aromatic heterocycles. The van der Waals surface area contributed by atoms with Crippen LogP contribution in [-0.4, -0.2) is 80.0 Å². The number of piperazine rings is 1. The van der Waals surface area contributed by atoms with Crippen LogP contribution in [0.3, 0.4) is 0 Å². The number of hydrogen-bond donors (Lipinski definition) is 0. The van der Waals surface area contributed by atoms with Crippen LogP contribution in [0.1, 0.15) is 13.8 Å². The molecular weight excluding hydrogens is 266 g/mol. The summed E-state index contributed by atoms with van der Waals surface area (Å²) in [7, 11) is -1.07. The van der Waals surface area contributed by atoms with E-state index < -0.39 is 10.0 Å². The zero-order chi connectivity index (χ0) is 14.4. The molecule has 2 rings (SSSR count). The summed E-state index contributed by atoms with van der Waals surface area (Å²) in [6.07, 6.45) is 1.19. The number of carbonyl (C=O) groups excluding carboxylic acids is 1. The van der Waals surface area contributed by atoms with Gasteiger partial charge in [0.15, 0.2) is 0 Å². The van der Waals surface area contributed by atoms with Crippen LogP contribution in [0.4, 0.5) is 0 Å². The van der Waals surface area contributed by atoms with E-state index in [0.717, 1.165) is 13.1 Å². The molecule has 0 spiro atoms. The van der Waals surface area contributed by atoms with Crippen LogP contribution >= 0.6 is 0 Å². The summed E-state index contributed by atoms with van der Waals surface area (Å²) in [5.74, 6) is -0.0554. The van der Waals surface area contributed by atoms with Crippen molar-refractivity contribution in [2.45, 2.75) is 25.9 Å². The van der Waals surface area contributed by atoms with Gasteiger partial charge in [-0.1, -0.05) is 0 Å². The molecule has 0 aromatic rings. The fourth-order valence-electron chi connectivity index (χ4n) is 2.71. The summed E-state index contributed by atoms with van der Waals surface area (Å²) in [5, 5.41) is 0. The van der Waals surface area contributed by atoms with Gasteiger partial charge in [0, 0.05) is 38.3 Å². The van der Waals surface area contributed by atoms with Crippen molar-refractivity contribution in [2.24, 2.45) is 5.92 Å². The number of sulfonamides is 1. The Balaban J connectivity index is 1.95. The number of carbonyl (C=O) groups is 1. The van der Waals surface area contributed by atoms with Gasteiger partial charge in [0.2, 0.25) is 15.9 Å². The highest BCUT2D eigenvalue weighted by molar-refractivity contribution is 7.88. The summed E-state index contributed by atoms with van der Waals surface area (Å²) in [4.78, 5) is 16.6. The average molecular weight is 289 g/mol. The number of nitrogens with zero attached hydrogens (tertiary/aromatic N) is 3. The van der Waals surface area contributed by atoms with Crippen LogP contribution in [-0.2, 0) is 14.8 Å². The Kier molecular flexibility index (Phi) is 3.90. The van der Waals surface area contributed by atoms with Crippen LogP contribution in [0.2, 0.25) is 0 Å². The van der Waals surface area contributed by atoms with E-state index in [0.29, 0.717) is 19.1 Å². The van der Waals surface area contributed by atoms with Gasteiger partial charge >= 0.3 is 0 Å². The molecule has 2 heterocycles. The minimum Gasteiger partial charge on any atom is -0.337 e. The molecule has 2 aliphatic heterocycles. The van der Waals surface area contributed by atoms with E-state index in [1.165, 1.54) is 10.6 Å². The molecule has 19 heavy (non-hydrogen) atoms. The second-order valence-corrected chi connectivity index (χ2v) is 7.89. The largest absolute Gasteiger partial charge is 0.337 e. The highest BCUT2D eigenvalue weighted by Crippen LogP contribution is 2.24. The Hall–Kier alpha value is -0.660. The first-order chi connectivity index (χ1) is 8.70. The average Bonchev–Trinajstić information content (AvgIpc) is 2.18. The predicted molar refractivity (Wildman–Crippen MR) is 73.2 cm³/mol. The van der Waals surface area contributed by atoms with Crippen LogP contribution < -0.4 is 0 Å². The van der Waals surface area contributed by atoms with Gasteiger partial charge < -0.3 is 4.90 Å². The lowest BCUT2D eigenvalue weighted by molar-refractivity contribution is -0.144. The van der Waals surface area contributed by atoms with E-state index in [-0.39, 0.29) is 17.9 Å². The SMILES string of the molecule is CC1CN(C(=O)C2CN(S(C)(=O)=O)C2)C(C)CN1C. The lowest BCUT2D eigenvalue weighted by Crippen LogP contribution is -2.62. The standard InChI is InChI=1S/C12H23N3O3S/c1-9-6-15(10(2)5-13(9)3)12(16)11-7-14(8-11)19(4,17)18/h9-11H,5-8H2,1-4H3. The molecule has 2 fully saturated rings. The van der Waals surface area contributed by atoms with E-state index in [4.69, 9.17) is 0 Å². The minimum absolute atomic E-state index is 0.104. The van der Waals surface area contributed by atoms with Gasteiger partial charge in [-0.05, 0) is 20.9 Å².